The molecule has 1 rings (SSSR count). The fraction of sp³-hybridized carbons (Fsp3) is 0.500. The maximum atomic E-state index is 11.0. The van der Waals surface area contributed by atoms with Gasteiger partial charge in [0.25, 0.3) is 0 Å². The van der Waals surface area contributed by atoms with Crippen LogP contribution in [0.1, 0.15) is 18.4 Å². The van der Waals surface area contributed by atoms with E-state index in [0.29, 0.717) is 6.42 Å². The van der Waals surface area contributed by atoms with Gasteiger partial charge in [-0.05, 0) is 40.9 Å². The Kier molecular flexibility index (Phi) is 5.41. The van der Waals surface area contributed by atoms with Gasteiger partial charge in [-0.25, -0.2) is 4.98 Å². The fourth-order valence-electron chi connectivity index (χ4n) is 1.41. The van der Waals surface area contributed by atoms with E-state index in [1.54, 1.807) is 6.20 Å². The Balaban J connectivity index is 2.49. The van der Waals surface area contributed by atoms with Gasteiger partial charge in [-0.15, -0.1) is 0 Å². The number of carbonyl (C=O) groups excluding carboxylic acids is 1. The van der Waals surface area contributed by atoms with E-state index in [0.717, 1.165) is 28.8 Å². The van der Waals surface area contributed by atoms with Crippen LogP contribution in [-0.4, -0.2) is 31.7 Å². The lowest BCUT2D eigenvalue weighted by Crippen LogP contribution is -2.20. The molecule has 0 atom stereocenters. The number of rotatable bonds is 5. The van der Waals surface area contributed by atoms with Crippen molar-refractivity contribution in [2.45, 2.75) is 19.8 Å². The summed E-state index contributed by atoms with van der Waals surface area (Å²) in [4.78, 5) is 17.3. The minimum absolute atomic E-state index is 0.168. The predicted molar refractivity (Wildman–Crippen MR) is 71.2 cm³/mol. The summed E-state index contributed by atoms with van der Waals surface area (Å²) in [7, 11) is 3.37. The molecule has 0 spiro atoms. The molecular weight excluding hydrogens is 284 g/mol. The molecular formula is C12H17BrN2O2. The van der Waals surface area contributed by atoms with Gasteiger partial charge in [0.05, 0.1) is 7.11 Å². The fourth-order valence-corrected chi connectivity index (χ4v) is 1.63. The van der Waals surface area contributed by atoms with E-state index >= 15 is 0 Å². The van der Waals surface area contributed by atoms with Crippen LogP contribution in [0.5, 0.6) is 0 Å². The molecule has 0 aliphatic rings. The minimum atomic E-state index is -0.168. The first-order valence-electron chi connectivity index (χ1n) is 5.44. The van der Waals surface area contributed by atoms with E-state index in [2.05, 4.69) is 25.7 Å². The number of aryl methyl sites for hydroxylation is 1. The number of anilines is 1. The minimum Gasteiger partial charge on any atom is -0.469 e. The lowest BCUT2D eigenvalue weighted by Gasteiger charge is -2.18. The number of esters is 1. The molecule has 0 aromatic carbocycles. The molecule has 0 saturated carbocycles. The van der Waals surface area contributed by atoms with Crippen molar-refractivity contribution >= 4 is 27.7 Å². The second-order valence-electron chi connectivity index (χ2n) is 3.89. The number of pyridine rings is 1. The highest BCUT2D eigenvalue weighted by molar-refractivity contribution is 9.10. The smallest absolute Gasteiger partial charge is 0.305 e. The van der Waals surface area contributed by atoms with E-state index in [1.165, 1.54) is 7.11 Å². The SMILES string of the molecule is COC(=O)CCCN(C)c1cc(C)c(Br)cn1. The molecule has 1 aromatic heterocycles. The van der Waals surface area contributed by atoms with Crippen LogP contribution in [0.4, 0.5) is 5.82 Å². The Hall–Kier alpha value is -1.10. The molecule has 1 heterocycles. The number of carbonyl (C=O) groups is 1. The number of methoxy groups -OCH3 is 1. The van der Waals surface area contributed by atoms with Crippen molar-refractivity contribution in [3.63, 3.8) is 0 Å². The van der Waals surface area contributed by atoms with Crippen molar-refractivity contribution in [3.8, 4) is 0 Å². The van der Waals surface area contributed by atoms with Gasteiger partial charge in [0.2, 0.25) is 0 Å². The highest BCUT2D eigenvalue weighted by Crippen LogP contribution is 2.19. The highest BCUT2D eigenvalue weighted by atomic mass is 79.9. The van der Waals surface area contributed by atoms with Crippen LogP contribution in [0.25, 0.3) is 0 Å². The third-order valence-corrected chi connectivity index (χ3v) is 3.36. The summed E-state index contributed by atoms with van der Waals surface area (Å²) in [6, 6.07) is 2.02. The summed E-state index contributed by atoms with van der Waals surface area (Å²) >= 11 is 3.42. The monoisotopic (exact) mass is 300 g/mol. The molecule has 1 aromatic rings. The van der Waals surface area contributed by atoms with E-state index < -0.39 is 0 Å². The first kappa shape index (κ1) is 14.0. The Morgan fingerprint density at radius 1 is 1.59 bits per heavy atom. The molecule has 0 saturated heterocycles. The van der Waals surface area contributed by atoms with Crippen molar-refractivity contribution in [1.82, 2.24) is 4.98 Å². The van der Waals surface area contributed by atoms with Gasteiger partial charge in [0.15, 0.2) is 0 Å². The summed E-state index contributed by atoms with van der Waals surface area (Å²) in [6.45, 7) is 2.81. The zero-order valence-corrected chi connectivity index (χ0v) is 12.0. The van der Waals surface area contributed by atoms with E-state index in [-0.39, 0.29) is 5.97 Å². The third-order valence-electron chi connectivity index (χ3n) is 2.53. The maximum absolute atomic E-state index is 11.0. The molecule has 0 aliphatic carbocycles. The second kappa shape index (κ2) is 6.59. The lowest BCUT2D eigenvalue weighted by molar-refractivity contribution is -0.140. The standard InChI is InChI=1S/C12H17BrN2O2/c1-9-7-11(14-8-10(9)13)15(2)6-4-5-12(16)17-3/h7-8H,4-6H2,1-3H3. The van der Waals surface area contributed by atoms with Crippen LogP contribution in [0, 0.1) is 6.92 Å². The van der Waals surface area contributed by atoms with Gasteiger partial charge < -0.3 is 9.64 Å². The van der Waals surface area contributed by atoms with Gasteiger partial charge in [-0.2, -0.15) is 0 Å². The molecule has 5 heteroatoms. The molecule has 94 valence electrons. The molecule has 4 nitrogen and oxygen atoms in total. The Bertz CT molecular complexity index is 396. The van der Waals surface area contributed by atoms with Crippen molar-refractivity contribution in [2.75, 3.05) is 25.6 Å². The van der Waals surface area contributed by atoms with Crippen molar-refractivity contribution in [3.05, 3.63) is 22.3 Å². The van der Waals surface area contributed by atoms with Crippen LogP contribution in [0.3, 0.4) is 0 Å². The quantitative estimate of drug-likeness (QED) is 0.784. The first-order chi connectivity index (χ1) is 8.04. The van der Waals surface area contributed by atoms with Crippen molar-refractivity contribution < 1.29 is 9.53 Å². The summed E-state index contributed by atoms with van der Waals surface area (Å²) < 4.78 is 5.60. The lowest BCUT2D eigenvalue weighted by atomic mass is 10.2. The van der Waals surface area contributed by atoms with Gasteiger partial charge in [0.1, 0.15) is 5.82 Å². The Labute approximate surface area is 110 Å². The number of halogens is 1. The Morgan fingerprint density at radius 3 is 2.88 bits per heavy atom. The van der Waals surface area contributed by atoms with Gasteiger partial charge in [-0.1, -0.05) is 0 Å². The maximum Gasteiger partial charge on any atom is 0.305 e. The first-order valence-corrected chi connectivity index (χ1v) is 6.24. The molecule has 0 aliphatic heterocycles. The zero-order valence-electron chi connectivity index (χ0n) is 10.4. The van der Waals surface area contributed by atoms with Crippen molar-refractivity contribution in [1.29, 1.82) is 0 Å². The molecule has 0 fully saturated rings. The largest absolute Gasteiger partial charge is 0.469 e. The van der Waals surface area contributed by atoms with Gasteiger partial charge >= 0.3 is 5.97 Å². The van der Waals surface area contributed by atoms with Crippen LogP contribution in [-0.2, 0) is 9.53 Å². The highest BCUT2D eigenvalue weighted by Gasteiger charge is 2.06. The summed E-state index contributed by atoms with van der Waals surface area (Å²) in [5.74, 6) is 0.744. The zero-order chi connectivity index (χ0) is 12.8. The van der Waals surface area contributed by atoms with E-state index in [1.807, 2.05) is 24.9 Å². The van der Waals surface area contributed by atoms with E-state index in [4.69, 9.17) is 0 Å². The van der Waals surface area contributed by atoms with Gasteiger partial charge in [-0.3, -0.25) is 4.79 Å². The van der Waals surface area contributed by atoms with E-state index in [9.17, 15) is 4.79 Å². The molecule has 0 unspecified atom stereocenters. The normalized spacial score (nSPS) is 10.1. The molecule has 0 radical (unpaired) electrons. The summed E-state index contributed by atoms with van der Waals surface area (Å²) in [5, 5.41) is 0. The number of hydrogen-bond acceptors (Lipinski definition) is 4. The molecule has 0 amide bonds. The predicted octanol–water partition coefficient (Wildman–Crippen LogP) is 2.54. The number of ether oxygens (including phenoxy) is 1. The summed E-state index contributed by atoms with van der Waals surface area (Å²) in [6.07, 6.45) is 3.00. The van der Waals surface area contributed by atoms with Crippen LogP contribution in [0.15, 0.2) is 16.7 Å². The molecule has 17 heavy (non-hydrogen) atoms. The molecule has 0 N–H and O–H groups in total. The number of hydrogen-bond donors (Lipinski definition) is 0. The second-order valence-corrected chi connectivity index (χ2v) is 4.75. The third kappa shape index (κ3) is 4.34. The van der Waals surface area contributed by atoms with Gasteiger partial charge in [0, 0.05) is 30.7 Å². The number of aromatic nitrogens is 1. The summed E-state index contributed by atoms with van der Waals surface area (Å²) in [5.41, 5.74) is 1.15. The van der Waals surface area contributed by atoms with Crippen molar-refractivity contribution in [2.24, 2.45) is 0 Å². The van der Waals surface area contributed by atoms with Crippen LogP contribution >= 0.6 is 15.9 Å². The molecule has 0 bridgehead atoms. The average Bonchev–Trinajstić information content (AvgIpc) is 2.32. The topological polar surface area (TPSA) is 42.4 Å². The average molecular weight is 301 g/mol. The Morgan fingerprint density at radius 2 is 2.29 bits per heavy atom. The van der Waals surface area contributed by atoms with Crippen LogP contribution in [0.2, 0.25) is 0 Å². The number of nitrogens with zero attached hydrogens (tertiary/aromatic N) is 2. The van der Waals surface area contributed by atoms with Crippen LogP contribution < -0.4 is 4.90 Å².